The Bertz CT molecular complexity index is 704. The molecule has 3 unspecified atom stereocenters. The lowest BCUT2D eigenvalue weighted by molar-refractivity contribution is -0.932. The molecule has 0 spiro atoms. The fraction of sp³-hybridized carbons (Fsp3) is 0.471. The predicted molar refractivity (Wildman–Crippen MR) is 88.3 cm³/mol. The monoisotopic (exact) mass is 350 g/mol. The predicted octanol–water partition coefficient (Wildman–Crippen LogP) is 2.03. The molecule has 0 aromatic heterocycles. The summed E-state index contributed by atoms with van der Waals surface area (Å²) in [6.45, 7) is 4.96. The maximum Gasteiger partial charge on any atom is 0.364 e. The van der Waals surface area contributed by atoms with Gasteiger partial charge in [-0.25, -0.2) is 9.59 Å². The van der Waals surface area contributed by atoms with Crippen molar-refractivity contribution in [1.82, 2.24) is 0 Å². The van der Waals surface area contributed by atoms with E-state index in [1.165, 1.54) is 18.7 Å². The van der Waals surface area contributed by atoms with Crippen LogP contribution in [0.5, 0.6) is 5.75 Å². The normalized spacial score (nSPS) is 31.7. The van der Waals surface area contributed by atoms with Crippen LogP contribution in [-0.4, -0.2) is 49.6 Å². The van der Waals surface area contributed by atoms with Crippen LogP contribution in [0.4, 0.5) is 0 Å². The maximum absolute atomic E-state index is 12.6. The molecule has 0 bridgehead atoms. The number of β-lactam (4-membered cyclic amide) rings is 1. The first-order valence-electron chi connectivity index (χ1n) is 7.75. The number of carbonyl (C=O) groups excluding carboxylic acids is 2. The molecule has 128 valence electrons. The number of hydrogen-bond acceptors (Lipinski definition) is 5. The van der Waals surface area contributed by atoms with Crippen LogP contribution in [-0.2, 0) is 14.4 Å². The number of nitrogens with zero attached hydrogens (tertiary/aromatic N) is 1. The van der Waals surface area contributed by atoms with E-state index in [2.05, 4.69) is 0 Å². The average Bonchev–Trinajstić information content (AvgIpc) is 2.69. The topological polar surface area (TPSA) is 80.7 Å². The van der Waals surface area contributed by atoms with E-state index >= 15 is 0 Å². The number of Topliss-reactive ketones (excluding diaryl/α,β-unsaturated/α-hetero) is 1. The van der Waals surface area contributed by atoms with Crippen LogP contribution in [0.2, 0.25) is 0 Å². The van der Waals surface area contributed by atoms with E-state index in [4.69, 9.17) is 4.74 Å². The molecule has 2 saturated heterocycles. The van der Waals surface area contributed by atoms with Gasteiger partial charge in [-0.3, -0.25) is 4.79 Å². The number of fused-ring (bicyclic) bond motifs is 1. The number of thioether (sulfide) groups is 1. The number of amides is 1. The zero-order chi connectivity index (χ0) is 17.7. The molecule has 2 heterocycles. The summed E-state index contributed by atoms with van der Waals surface area (Å²) in [5.74, 6) is -1.23. The molecule has 1 aromatic carbocycles. The molecule has 1 aromatic rings. The SMILES string of the molecule is CC(=O)C(Oc1ccccc1)[N+]12C(=O)CC1SC(C)(C)[C@@H]2C(=O)O. The highest BCUT2D eigenvalue weighted by Gasteiger charge is 2.77. The van der Waals surface area contributed by atoms with E-state index in [0.717, 1.165) is 0 Å². The molecule has 2 aliphatic heterocycles. The molecule has 7 heteroatoms. The van der Waals surface area contributed by atoms with Crippen molar-refractivity contribution in [2.24, 2.45) is 0 Å². The Labute approximate surface area is 144 Å². The van der Waals surface area contributed by atoms with Crippen molar-refractivity contribution in [3.63, 3.8) is 0 Å². The van der Waals surface area contributed by atoms with Gasteiger partial charge in [-0.15, -0.1) is 0 Å². The van der Waals surface area contributed by atoms with Gasteiger partial charge in [-0.05, 0) is 26.0 Å². The number of carbonyl (C=O) groups is 3. The second-order valence-corrected chi connectivity index (χ2v) is 8.58. The van der Waals surface area contributed by atoms with Crippen molar-refractivity contribution in [1.29, 1.82) is 0 Å². The van der Waals surface area contributed by atoms with Crippen molar-refractivity contribution < 1.29 is 28.7 Å². The van der Waals surface area contributed by atoms with Crippen LogP contribution >= 0.6 is 11.8 Å². The molecule has 24 heavy (non-hydrogen) atoms. The molecular weight excluding hydrogens is 330 g/mol. The molecule has 2 aliphatic rings. The Morgan fingerprint density at radius 1 is 1.33 bits per heavy atom. The summed E-state index contributed by atoms with van der Waals surface area (Å²) in [4.78, 5) is 37.0. The molecule has 3 rings (SSSR count). The number of para-hydroxylation sites is 1. The summed E-state index contributed by atoms with van der Waals surface area (Å²) in [6, 6.07) is 7.70. The van der Waals surface area contributed by atoms with Crippen LogP contribution in [0, 0.1) is 0 Å². The standard InChI is InChI=1S/C17H19NO5S/c1-10(19)15(23-11-7-5-4-6-8-11)18-12(20)9-13(18)24-17(2,3)14(18)16(21)22/h4-8,13-15H,9H2,1-3H3/p+1/t13?,14-,15?,18?/m0/s1. The number of hydrogen-bond donors (Lipinski definition) is 1. The quantitative estimate of drug-likeness (QED) is 0.646. The minimum absolute atomic E-state index is 0.249. The molecular formula is C17H20NO5S+. The fourth-order valence-electron chi connectivity index (χ4n) is 3.87. The lowest BCUT2D eigenvalue weighted by Gasteiger charge is -2.49. The summed E-state index contributed by atoms with van der Waals surface area (Å²) in [6.07, 6.45) is -0.881. The van der Waals surface area contributed by atoms with Crippen molar-refractivity contribution in [2.75, 3.05) is 0 Å². The zero-order valence-corrected chi connectivity index (χ0v) is 14.6. The minimum Gasteiger partial charge on any atom is -0.477 e. The van der Waals surface area contributed by atoms with Crippen LogP contribution < -0.4 is 4.74 Å². The third kappa shape index (κ3) is 2.26. The number of carboxylic acid groups (broad SMARTS) is 1. The second kappa shape index (κ2) is 5.60. The minimum atomic E-state index is -1.14. The largest absolute Gasteiger partial charge is 0.477 e. The fourth-order valence-corrected chi connectivity index (χ4v) is 5.73. The van der Waals surface area contributed by atoms with Gasteiger partial charge in [-0.1, -0.05) is 30.0 Å². The van der Waals surface area contributed by atoms with E-state index < -0.39 is 27.5 Å². The smallest absolute Gasteiger partial charge is 0.364 e. The molecule has 1 N–H and O–H groups in total. The van der Waals surface area contributed by atoms with Gasteiger partial charge in [0.25, 0.3) is 0 Å². The molecule has 0 saturated carbocycles. The summed E-state index contributed by atoms with van der Waals surface area (Å²) < 4.78 is 4.74. The van der Waals surface area contributed by atoms with E-state index in [0.29, 0.717) is 5.75 Å². The van der Waals surface area contributed by atoms with Crippen LogP contribution in [0.15, 0.2) is 30.3 Å². The number of benzene rings is 1. The molecule has 6 nitrogen and oxygen atoms in total. The number of ether oxygens (including phenoxy) is 1. The lowest BCUT2D eigenvalue weighted by atomic mass is 9.92. The second-order valence-electron chi connectivity index (χ2n) is 6.74. The first-order chi connectivity index (χ1) is 11.2. The van der Waals surface area contributed by atoms with Crippen molar-refractivity contribution in [2.45, 2.75) is 49.6 Å². The Morgan fingerprint density at radius 2 is 1.96 bits per heavy atom. The number of carboxylic acids is 1. The Hall–Kier alpha value is -1.86. The highest BCUT2D eigenvalue weighted by molar-refractivity contribution is 8.01. The van der Waals surface area contributed by atoms with Crippen LogP contribution in [0.3, 0.4) is 0 Å². The summed E-state index contributed by atoms with van der Waals surface area (Å²) in [5.41, 5.74) is 0. The molecule has 0 radical (unpaired) electrons. The third-order valence-corrected chi connectivity index (χ3v) is 6.36. The summed E-state index contributed by atoms with van der Waals surface area (Å²) >= 11 is 1.45. The Morgan fingerprint density at radius 3 is 2.46 bits per heavy atom. The first kappa shape index (κ1) is 17.0. The summed E-state index contributed by atoms with van der Waals surface area (Å²) in [5, 5.41) is 9.53. The average molecular weight is 350 g/mol. The number of quaternary nitrogens is 1. The maximum atomic E-state index is 12.6. The van der Waals surface area contributed by atoms with Gasteiger partial charge in [-0.2, -0.15) is 4.48 Å². The Balaban J connectivity index is 2.08. The molecule has 0 aliphatic carbocycles. The van der Waals surface area contributed by atoms with E-state index in [1.807, 2.05) is 19.9 Å². The van der Waals surface area contributed by atoms with Crippen molar-refractivity contribution in [3.05, 3.63) is 30.3 Å². The van der Waals surface area contributed by atoms with Crippen molar-refractivity contribution >= 4 is 29.4 Å². The van der Waals surface area contributed by atoms with Gasteiger partial charge in [0.2, 0.25) is 11.8 Å². The van der Waals surface area contributed by atoms with E-state index in [9.17, 15) is 19.5 Å². The van der Waals surface area contributed by atoms with Gasteiger partial charge in [0, 0.05) is 6.92 Å². The molecule has 4 atom stereocenters. The number of rotatable bonds is 5. The lowest BCUT2D eigenvalue weighted by Crippen LogP contribution is -2.78. The zero-order valence-electron chi connectivity index (χ0n) is 13.8. The Kier molecular flexibility index (Phi) is 3.96. The number of ketones is 1. The third-order valence-electron chi connectivity index (χ3n) is 4.74. The van der Waals surface area contributed by atoms with Crippen LogP contribution in [0.1, 0.15) is 27.2 Å². The van der Waals surface area contributed by atoms with Gasteiger partial charge < -0.3 is 9.84 Å². The molecule has 1 amide bonds. The van der Waals surface area contributed by atoms with Gasteiger partial charge >= 0.3 is 18.1 Å². The van der Waals surface area contributed by atoms with Crippen molar-refractivity contribution in [3.8, 4) is 5.75 Å². The summed E-state index contributed by atoms with van der Waals surface area (Å²) in [7, 11) is 0. The van der Waals surface area contributed by atoms with Gasteiger partial charge in [0.05, 0.1) is 4.75 Å². The number of aliphatic carboxylic acids is 1. The molecule has 2 fully saturated rings. The highest BCUT2D eigenvalue weighted by Crippen LogP contribution is 2.58. The highest BCUT2D eigenvalue weighted by atomic mass is 32.2. The van der Waals surface area contributed by atoms with Gasteiger partial charge in [0.1, 0.15) is 12.2 Å². The van der Waals surface area contributed by atoms with Crippen LogP contribution in [0.25, 0.3) is 0 Å². The van der Waals surface area contributed by atoms with E-state index in [-0.39, 0.29) is 23.5 Å². The van der Waals surface area contributed by atoms with E-state index in [1.54, 1.807) is 24.3 Å². The van der Waals surface area contributed by atoms with Gasteiger partial charge in [0.15, 0.2) is 5.37 Å². The first-order valence-corrected chi connectivity index (χ1v) is 8.63.